The molecule has 2 aliphatic rings. The number of aliphatic hydroxyl groups is 1. The Bertz CT molecular complexity index is 1310. The molecule has 0 amide bonds. The van der Waals surface area contributed by atoms with Gasteiger partial charge in [-0.1, -0.05) is 6.07 Å². The summed E-state index contributed by atoms with van der Waals surface area (Å²) in [5, 5.41) is 13.7. The third kappa shape index (κ3) is 7.25. The molecule has 2 atom stereocenters. The molecule has 4 rings (SSSR count). The van der Waals surface area contributed by atoms with Gasteiger partial charge in [-0.05, 0) is 51.4 Å². The van der Waals surface area contributed by atoms with Crippen LogP contribution in [0.2, 0.25) is 0 Å². The zero-order valence-electron chi connectivity index (χ0n) is 22.1. The van der Waals surface area contributed by atoms with Crippen LogP contribution in [0.4, 0.5) is 0 Å². The van der Waals surface area contributed by atoms with E-state index in [1.165, 1.54) is 35.7 Å². The van der Waals surface area contributed by atoms with Crippen molar-refractivity contribution in [2.24, 2.45) is 0 Å². The van der Waals surface area contributed by atoms with Crippen LogP contribution in [-0.2, 0) is 24.8 Å². The molecule has 216 valence electrons. The first kappa shape index (κ1) is 29.6. The Balaban J connectivity index is 1.22. The second-order valence-electron chi connectivity index (χ2n) is 9.62. The molecule has 2 saturated heterocycles. The van der Waals surface area contributed by atoms with Crippen molar-refractivity contribution >= 4 is 20.0 Å². The quantitative estimate of drug-likeness (QED) is 0.325. The number of hydrogen-bond acceptors (Lipinski definition) is 10. The maximum absolute atomic E-state index is 13.1. The van der Waals surface area contributed by atoms with E-state index in [1.54, 1.807) is 18.2 Å². The van der Waals surface area contributed by atoms with E-state index in [0.29, 0.717) is 57.2 Å². The molecule has 0 bridgehead atoms. The molecule has 0 saturated carbocycles. The Morgan fingerprint density at radius 2 is 1.92 bits per heavy atom. The fourth-order valence-electron chi connectivity index (χ4n) is 4.76. The molecular formula is C25H36N4O8S2. The number of hydrogen-bond donors (Lipinski definition) is 3. The lowest BCUT2D eigenvalue weighted by Crippen LogP contribution is -2.47. The van der Waals surface area contributed by atoms with Crippen molar-refractivity contribution in [2.75, 3.05) is 46.5 Å². The number of nitrogens with zero attached hydrogens (tertiary/aromatic N) is 2. The summed E-state index contributed by atoms with van der Waals surface area (Å²) in [7, 11) is -5.91. The van der Waals surface area contributed by atoms with E-state index >= 15 is 0 Å². The Labute approximate surface area is 229 Å². The molecule has 14 heteroatoms. The molecule has 1 aromatic heterocycles. The van der Waals surface area contributed by atoms with Crippen LogP contribution in [-0.4, -0.2) is 95.5 Å². The van der Waals surface area contributed by atoms with Crippen molar-refractivity contribution in [2.45, 2.75) is 53.7 Å². The molecule has 1 spiro atoms. The highest BCUT2D eigenvalue weighted by atomic mass is 32.2. The minimum Gasteiger partial charge on any atom is -0.491 e. The first-order valence-electron chi connectivity index (χ1n) is 12.9. The molecule has 3 heterocycles. The summed E-state index contributed by atoms with van der Waals surface area (Å²) in [6, 6.07) is 9.15. The molecule has 3 N–H and O–H groups in total. The number of pyridine rings is 1. The Morgan fingerprint density at radius 3 is 2.59 bits per heavy atom. The second kappa shape index (κ2) is 12.5. The fraction of sp³-hybridized carbons (Fsp3) is 0.560. The van der Waals surface area contributed by atoms with E-state index in [9.17, 15) is 21.9 Å². The summed E-state index contributed by atoms with van der Waals surface area (Å²) in [6.45, 7) is 3.71. The maximum atomic E-state index is 13.1. The molecule has 0 radical (unpaired) electrons. The van der Waals surface area contributed by atoms with E-state index in [0.717, 1.165) is 0 Å². The Kier molecular flexibility index (Phi) is 9.47. The summed E-state index contributed by atoms with van der Waals surface area (Å²) in [6.07, 6.45) is 2.37. The van der Waals surface area contributed by atoms with Crippen LogP contribution < -0.4 is 19.5 Å². The average Bonchev–Trinajstić information content (AvgIpc) is 3.33. The van der Waals surface area contributed by atoms with Gasteiger partial charge in [-0.15, -0.1) is 0 Å². The molecule has 2 aromatic rings. The largest absolute Gasteiger partial charge is 0.491 e. The molecule has 12 nitrogen and oxygen atoms in total. The molecule has 1 aromatic carbocycles. The van der Waals surface area contributed by atoms with Crippen LogP contribution in [0.15, 0.2) is 52.4 Å². The predicted octanol–water partition coefficient (Wildman–Crippen LogP) is 0.730. The van der Waals surface area contributed by atoms with Gasteiger partial charge in [0, 0.05) is 37.8 Å². The van der Waals surface area contributed by atoms with Crippen LogP contribution in [0.1, 0.15) is 26.2 Å². The van der Waals surface area contributed by atoms with Crippen molar-refractivity contribution in [1.82, 2.24) is 19.3 Å². The van der Waals surface area contributed by atoms with Gasteiger partial charge in [-0.25, -0.2) is 26.5 Å². The highest BCUT2D eigenvalue weighted by Crippen LogP contribution is 2.37. The lowest BCUT2D eigenvalue weighted by atomic mass is 9.88. The van der Waals surface area contributed by atoms with Gasteiger partial charge in [0.15, 0.2) is 0 Å². The zero-order valence-corrected chi connectivity index (χ0v) is 23.7. The molecule has 0 aliphatic carbocycles. The summed E-state index contributed by atoms with van der Waals surface area (Å²) < 4.78 is 70.8. The predicted molar refractivity (Wildman–Crippen MR) is 143 cm³/mol. The number of ether oxygens (including phenoxy) is 3. The fourth-order valence-corrected chi connectivity index (χ4v) is 6.91. The van der Waals surface area contributed by atoms with Crippen LogP contribution in [0, 0.1) is 0 Å². The minimum absolute atomic E-state index is 0.0119. The van der Waals surface area contributed by atoms with Gasteiger partial charge >= 0.3 is 0 Å². The van der Waals surface area contributed by atoms with E-state index in [-0.39, 0.29) is 29.0 Å². The lowest BCUT2D eigenvalue weighted by molar-refractivity contribution is -0.0312. The molecular weight excluding hydrogens is 548 g/mol. The van der Waals surface area contributed by atoms with Gasteiger partial charge in [0.1, 0.15) is 23.4 Å². The standard InChI is InChI=1S/C25H36N4O8S2/c1-3-35-24-8-7-23(16-28-24)39(33,34)29-11-9-25(10-12-29)14-19(17-37-25)27-15-20(30)18-36-21-5-4-6-22(13-21)38(31,32)26-2/h4-8,13,16,19-20,26-27,30H,3,9-12,14-15,17-18H2,1-2H3. The van der Waals surface area contributed by atoms with Crippen molar-refractivity contribution in [1.29, 1.82) is 0 Å². The molecule has 2 unspecified atom stereocenters. The maximum Gasteiger partial charge on any atom is 0.244 e. The number of aliphatic hydroxyl groups excluding tert-OH is 1. The third-order valence-electron chi connectivity index (χ3n) is 6.95. The van der Waals surface area contributed by atoms with E-state index in [2.05, 4.69) is 15.0 Å². The Morgan fingerprint density at radius 1 is 1.15 bits per heavy atom. The minimum atomic E-state index is -3.66. The van der Waals surface area contributed by atoms with Gasteiger partial charge in [-0.2, -0.15) is 4.31 Å². The molecule has 2 aliphatic heterocycles. The summed E-state index contributed by atoms with van der Waals surface area (Å²) in [5.41, 5.74) is -0.401. The molecule has 39 heavy (non-hydrogen) atoms. The van der Waals surface area contributed by atoms with Crippen LogP contribution in [0.25, 0.3) is 0 Å². The molecule has 2 fully saturated rings. The van der Waals surface area contributed by atoms with Gasteiger partial charge in [0.2, 0.25) is 25.9 Å². The van der Waals surface area contributed by atoms with Gasteiger partial charge in [0.25, 0.3) is 0 Å². The summed E-state index contributed by atoms with van der Waals surface area (Å²) in [4.78, 5) is 4.30. The summed E-state index contributed by atoms with van der Waals surface area (Å²) in [5.74, 6) is 0.731. The van der Waals surface area contributed by atoms with Crippen LogP contribution in [0.3, 0.4) is 0 Å². The van der Waals surface area contributed by atoms with Gasteiger partial charge < -0.3 is 24.6 Å². The SMILES string of the molecule is CCOc1ccc(S(=O)(=O)N2CCC3(CC2)CC(NCC(O)COc2cccc(S(=O)(=O)NC)c2)CO3)cn1. The first-order chi connectivity index (χ1) is 18.6. The number of sulfonamides is 2. The van der Waals surface area contributed by atoms with Gasteiger partial charge in [0.05, 0.1) is 29.9 Å². The normalized spacial score (nSPS) is 20.6. The number of benzene rings is 1. The average molecular weight is 585 g/mol. The highest BCUT2D eigenvalue weighted by molar-refractivity contribution is 7.89. The number of nitrogens with one attached hydrogen (secondary N) is 2. The first-order valence-corrected chi connectivity index (χ1v) is 15.8. The Hall–Kier alpha value is -2.33. The van der Waals surface area contributed by atoms with Gasteiger partial charge in [-0.3, -0.25) is 0 Å². The summed E-state index contributed by atoms with van der Waals surface area (Å²) >= 11 is 0. The number of aromatic nitrogens is 1. The second-order valence-corrected chi connectivity index (χ2v) is 13.4. The van der Waals surface area contributed by atoms with E-state index < -0.39 is 31.8 Å². The topological polar surface area (TPSA) is 156 Å². The zero-order chi connectivity index (χ0) is 28.1. The van der Waals surface area contributed by atoms with E-state index in [1.807, 2.05) is 6.92 Å². The smallest absolute Gasteiger partial charge is 0.244 e. The van der Waals surface area contributed by atoms with Crippen molar-refractivity contribution in [3.8, 4) is 11.6 Å². The van der Waals surface area contributed by atoms with E-state index in [4.69, 9.17) is 14.2 Å². The van der Waals surface area contributed by atoms with Crippen molar-refractivity contribution < 1.29 is 36.2 Å². The number of rotatable bonds is 12. The van der Waals surface area contributed by atoms with Crippen LogP contribution >= 0.6 is 0 Å². The lowest BCUT2D eigenvalue weighted by Gasteiger charge is -2.38. The van der Waals surface area contributed by atoms with Crippen LogP contribution in [0.5, 0.6) is 11.6 Å². The van der Waals surface area contributed by atoms with Crippen molar-refractivity contribution in [3.05, 3.63) is 42.6 Å². The van der Waals surface area contributed by atoms with Crippen molar-refractivity contribution in [3.63, 3.8) is 0 Å². The monoisotopic (exact) mass is 584 g/mol. The number of piperidine rings is 1. The third-order valence-corrected chi connectivity index (χ3v) is 10.2. The highest BCUT2D eigenvalue weighted by Gasteiger charge is 2.44.